The van der Waals surface area contributed by atoms with Gasteiger partial charge in [0.15, 0.2) is 6.61 Å². The van der Waals surface area contributed by atoms with Crippen LogP contribution in [-0.2, 0) is 25.5 Å². The van der Waals surface area contributed by atoms with Crippen molar-refractivity contribution in [3.05, 3.63) is 29.8 Å². The summed E-state index contributed by atoms with van der Waals surface area (Å²) in [5, 5.41) is 2.76. The van der Waals surface area contributed by atoms with Crippen molar-refractivity contribution in [1.29, 1.82) is 0 Å². The monoisotopic (exact) mass is 371 g/mol. The van der Waals surface area contributed by atoms with Crippen LogP contribution >= 0.6 is 0 Å². The fourth-order valence-electron chi connectivity index (χ4n) is 4.26. The van der Waals surface area contributed by atoms with Crippen molar-refractivity contribution in [2.45, 2.75) is 58.3 Å². The topological polar surface area (TPSA) is 72.5 Å². The van der Waals surface area contributed by atoms with Crippen molar-refractivity contribution in [2.24, 2.45) is 17.8 Å². The molecular weight excluding hydrogens is 342 g/mol. The van der Waals surface area contributed by atoms with Gasteiger partial charge >= 0.3 is 5.97 Å². The van der Waals surface area contributed by atoms with E-state index in [2.05, 4.69) is 12.2 Å². The van der Waals surface area contributed by atoms with Crippen LogP contribution < -0.4 is 5.32 Å². The smallest absolute Gasteiger partial charge is 0.309 e. The summed E-state index contributed by atoms with van der Waals surface area (Å²) in [6.07, 6.45) is 7.33. The molecule has 0 radical (unpaired) electrons. The van der Waals surface area contributed by atoms with E-state index in [1.165, 1.54) is 5.56 Å². The van der Waals surface area contributed by atoms with Gasteiger partial charge in [-0.25, -0.2) is 0 Å². The van der Waals surface area contributed by atoms with Gasteiger partial charge in [-0.3, -0.25) is 14.4 Å². The molecule has 3 rings (SSSR count). The third kappa shape index (κ3) is 5.18. The lowest BCUT2D eigenvalue weighted by atomic mass is 9.67. The number of carbonyl (C=O) groups excluding carboxylic acids is 3. The molecule has 5 heteroatoms. The van der Waals surface area contributed by atoms with Crippen molar-refractivity contribution in [3.63, 3.8) is 0 Å². The van der Waals surface area contributed by atoms with Gasteiger partial charge in [0.1, 0.15) is 5.78 Å². The molecule has 0 spiro atoms. The number of fused-ring (bicyclic) bond motifs is 2. The van der Waals surface area contributed by atoms with Crippen LogP contribution in [0.3, 0.4) is 0 Å². The quantitative estimate of drug-likeness (QED) is 0.738. The first-order valence-electron chi connectivity index (χ1n) is 10.2. The standard InChI is InChI=1S/C22H29NO4/c1-2-3-5-15-8-10-19(11-9-15)23-20(24)14-27-22(26)18-12-16-6-4-7-17(13-18)21(16)25/h8-11,16-18H,2-7,12-14H2,1H3,(H,23,24)/t16-,17-/m1/s1. The van der Waals surface area contributed by atoms with Gasteiger partial charge in [-0.05, 0) is 56.2 Å². The maximum Gasteiger partial charge on any atom is 0.309 e. The fraction of sp³-hybridized carbons (Fsp3) is 0.591. The second kappa shape index (κ2) is 9.16. The number of amides is 1. The van der Waals surface area contributed by atoms with Gasteiger partial charge in [0.05, 0.1) is 5.92 Å². The molecule has 0 aromatic heterocycles. The van der Waals surface area contributed by atoms with Crippen LogP contribution in [0.1, 0.15) is 57.4 Å². The average Bonchev–Trinajstić information content (AvgIpc) is 2.65. The number of esters is 1. The summed E-state index contributed by atoms with van der Waals surface area (Å²) in [5.41, 5.74) is 1.95. The van der Waals surface area contributed by atoms with E-state index in [-0.39, 0.29) is 36.2 Å². The molecule has 2 saturated carbocycles. The van der Waals surface area contributed by atoms with Crippen molar-refractivity contribution >= 4 is 23.3 Å². The number of unbranched alkanes of at least 4 members (excludes halogenated alkanes) is 1. The van der Waals surface area contributed by atoms with Crippen molar-refractivity contribution in [1.82, 2.24) is 0 Å². The van der Waals surface area contributed by atoms with E-state index in [1.807, 2.05) is 24.3 Å². The molecule has 0 aliphatic heterocycles. The van der Waals surface area contributed by atoms with E-state index in [4.69, 9.17) is 4.74 Å². The molecule has 0 heterocycles. The Bertz CT molecular complexity index is 666. The summed E-state index contributed by atoms with van der Waals surface area (Å²) in [7, 11) is 0. The van der Waals surface area contributed by atoms with Gasteiger partial charge in [-0.2, -0.15) is 0 Å². The molecule has 0 saturated heterocycles. The third-order valence-corrected chi connectivity index (χ3v) is 5.78. The predicted molar refractivity (Wildman–Crippen MR) is 103 cm³/mol. The molecule has 2 bridgehead atoms. The highest BCUT2D eigenvalue weighted by Gasteiger charge is 2.41. The minimum Gasteiger partial charge on any atom is -0.455 e. The minimum atomic E-state index is -0.343. The van der Waals surface area contributed by atoms with Crippen LogP contribution in [0.25, 0.3) is 0 Å². The normalized spacial score (nSPS) is 24.3. The van der Waals surface area contributed by atoms with Crippen LogP contribution in [0.4, 0.5) is 5.69 Å². The van der Waals surface area contributed by atoms with Crippen LogP contribution in [0.15, 0.2) is 24.3 Å². The molecule has 2 fully saturated rings. The minimum absolute atomic E-state index is 0.00935. The number of anilines is 1. The zero-order valence-corrected chi connectivity index (χ0v) is 16.0. The van der Waals surface area contributed by atoms with E-state index in [0.717, 1.165) is 38.5 Å². The molecule has 1 N–H and O–H groups in total. The Hall–Kier alpha value is -2.17. The number of benzene rings is 1. The Labute approximate surface area is 160 Å². The van der Waals surface area contributed by atoms with Gasteiger partial charge in [0, 0.05) is 17.5 Å². The van der Waals surface area contributed by atoms with Gasteiger partial charge in [-0.1, -0.05) is 31.9 Å². The van der Waals surface area contributed by atoms with Gasteiger partial charge < -0.3 is 10.1 Å². The van der Waals surface area contributed by atoms with Crippen LogP contribution in [-0.4, -0.2) is 24.3 Å². The summed E-state index contributed by atoms with van der Waals surface area (Å²) < 4.78 is 5.23. The molecular formula is C22H29NO4. The van der Waals surface area contributed by atoms with Crippen molar-refractivity contribution in [2.75, 3.05) is 11.9 Å². The molecule has 146 valence electrons. The largest absolute Gasteiger partial charge is 0.455 e. The molecule has 27 heavy (non-hydrogen) atoms. The first kappa shape index (κ1) is 19.6. The molecule has 1 aromatic carbocycles. The summed E-state index contributed by atoms with van der Waals surface area (Å²) in [4.78, 5) is 36.5. The SMILES string of the molecule is CCCCc1ccc(NC(=O)COC(=O)C2C[C@H]3CCC[C@H](C2)C3=O)cc1. The summed E-state index contributed by atoms with van der Waals surface area (Å²) in [6.45, 7) is 1.88. The van der Waals surface area contributed by atoms with Crippen LogP contribution in [0.2, 0.25) is 0 Å². The lowest BCUT2D eigenvalue weighted by Gasteiger charge is -2.36. The predicted octanol–water partition coefficient (Wildman–Crippen LogP) is 3.91. The number of Topliss-reactive ketones (excluding diaryl/α,β-unsaturated/α-hetero) is 1. The Morgan fingerprint density at radius 2 is 1.78 bits per heavy atom. The van der Waals surface area contributed by atoms with Crippen molar-refractivity contribution in [3.8, 4) is 0 Å². The average molecular weight is 371 g/mol. The molecule has 2 aliphatic rings. The highest BCUT2D eigenvalue weighted by atomic mass is 16.5. The zero-order valence-electron chi connectivity index (χ0n) is 16.0. The lowest BCUT2D eigenvalue weighted by Crippen LogP contribution is -2.40. The highest BCUT2D eigenvalue weighted by molar-refractivity contribution is 5.93. The third-order valence-electron chi connectivity index (χ3n) is 5.78. The molecule has 2 aliphatic carbocycles. The Morgan fingerprint density at radius 1 is 1.11 bits per heavy atom. The van der Waals surface area contributed by atoms with Gasteiger partial charge in [-0.15, -0.1) is 0 Å². The molecule has 5 nitrogen and oxygen atoms in total. The van der Waals surface area contributed by atoms with E-state index >= 15 is 0 Å². The number of hydrogen-bond donors (Lipinski definition) is 1. The number of nitrogens with one attached hydrogen (secondary N) is 1. The lowest BCUT2D eigenvalue weighted by molar-refractivity contribution is -0.155. The fourth-order valence-corrected chi connectivity index (χ4v) is 4.26. The summed E-state index contributed by atoms with van der Waals surface area (Å²) in [6, 6.07) is 7.77. The summed E-state index contributed by atoms with van der Waals surface area (Å²) in [5.74, 6) is -0.583. The second-order valence-electron chi connectivity index (χ2n) is 7.85. The van der Waals surface area contributed by atoms with E-state index in [9.17, 15) is 14.4 Å². The Balaban J connectivity index is 1.43. The van der Waals surface area contributed by atoms with Gasteiger partial charge in [0.25, 0.3) is 5.91 Å². The molecule has 0 unspecified atom stereocenters. The number of carbonyl (C=O) groups is 3. The highest BCUT2D eigenvalue weighted by Crippen LogP contribution is 2.40. The van der Waals surface area contributed by atoms with Crippen LogP contribution in [0.5, 0.6) is 0 Å². The van der Waals surface area contributed by atoms with Crippen molar-refractivity contribution < 1.29 is 19.1 Å². The number of aryl methyl sites for hydroxylation is 1. The first-order chi connectivity index (χ1) is 13.1. The van der Waals surface area contributed by atoms with E-state index in [1.54, 1.807) is 0 Å². The number of ketones is 1. The molecule has 1 aromatic rings. The maximum absolute atomic E-state index is 12.3. The number of rotatable bonds is 7. The molecule has 2 atom stereocenters. The first-order valence-corrected chi connectivity index (χ1v) is 10.2. The second-order valence-corrected chi connectivity index (χ2v) is 7.85. The molecule has 1 amide bonds. The Morgan fingerprint density at radius 3 is 2.41 bits per heavy atom. The summed E-state index contributed by atoms with van der Waals surface area (Å²) >= 11 is 0. The van der Waals surface area contributed by atoms with E-state index < -0.39 is 0 Å². The number of ether oxygens (including phenoxy) is 1. The Kier molecular flexibility index (Phi) is 6.64. The van der Waals surface area contributed by atoms with E-state index in [0.29, 0.717) is 24.3 Å². The number of hydrogen-bond acceptors (Lipinski definition) is 4. The maximum atomic E-state index is 12.3. The van der Waals surface area contributed by atoms with Gasteiger partial charge in [0.2, 0.25) is 0 Å². The van der Waals surface area contributed by atoms with Crippen LogP contribution in [0, 0.1) is 17.8 Å². The zero-order chi connectivity index (χ0) is 19.2.